The fraction of sp³-hybridized carbons (Fsp3) is 0.200. The zero-order chi connectivity index (χ0) is 23.6. The first-order chi connectivity index (χ1) is 15.0. The van der Waals surface area contributed by atoms with Gasteiger partial charge in [-0.1, -0.05) is 12.1 Å². The highest BCUT2D eigenvalue weighted by molar-refractivity contribution is 5.89. The lowest BCUT2D eigenvalue weighted by molar-refractivity contribution is -0.137. The number of methoxy groups -OCH3 is 1. The maximum atomic E-state index is 14.0. The van der Waals surface area contributed by atoms with Gasteiger partial charge in [-0.05, 0) is 35.9 Å². The summed E-state index contributed by atoms with van der Waals surface area (Å²) >= 11 is 0. The van der Waals surface area contributed by atoms with Gasteiger partial charge in [0.05, 0.1) is 30.6 Å². The Morgan fingerprint density at radius 3 is 2.34 bits per heavy atom. The number of rotatable bonds is 5. The molecule has 0 spiro atoms. The van der Waals surface area contributed by atoms with E-state index < -0.39 is 40.6 Å². The highest BCUT2D eigenvalue weighted by Crippen LogP contribution is 2.29. The van der Waals surface area contributed by atoms with E-state index in [9.17, 15) is 31.9 Å². The van der Waals surface area contributed by atoms with Gasteiger partial charge in [0, 0.05) is 6.92 Å². The lowest BCUT2D eigenvalue weighted by Gasteiger charge is -2.13. The van der Waals surface area contributed by atoms with E-state index in [1.54, 1.807) is 0 Å². The van der Waals surface area contributed by atoms with Crippen LogP contribution in [-0.2, 0) is 17.5 Å². The molecule has 1 heterocycles. The standard InChI is InChI=1S/C20H16F4N4O4/c1-11(29)25-16-9-14(7-8-15(16)21)28-19(31)27(18(30)17(26-28)32-2)10-12-3-5-13(6-4-12)20(22,23)24/h3-9H,10H2,1-2H3,(H,25,29). The number of benzene rings is 2. The van der Waals surface area contributed by atoms with Gasteiger partial charge in [0.25, 0.3) is 5.88 Å². The maximum absolute atomic E-state index is 14.0. The van der Waals surface area contributed by atoms with Gasteiger partial charge in [-0.15, -0.1) is 5.10 Å². The highest BCUT2D eigenvalue weighted by atomic mass is 19.4. The molecule has 0 saturated carbocycles. The lowest BCUT2D eigenvalue weighted by atomic mass is 10.1. The number of hydrogen-bond acceptors (Lipinski definition) is 5. The normalized spacial score (nSPS) is 11.3. The Hall–Kier alpha value is -3.96. The SMILES string of the molecule is COc1nn(-c2ccc(F)c(NC(C)=O)c2)c(=O)n(Cc2ccc(C(F)(F)F)cc2)c1=O. The van der Waals surface area contributed by atoms with E-state index in [-0.39, 0.29) is 23.5 Å². The first kappa shape index (κ1) is 22.7. The molecule has 0 atom stereocenters. The first-order valence-electron chi connectivity index (χ1n) is 9.03. The monoisotopic (exact) mass is 452 g/mol. The van der Waals surface area contributed by atoms with Crippen molar-refractivity contribution in [2.45, 2.75) is 19.6 Å². The van der Waals surface area contributed by atoms with Crippen LogP contribution >= 0.6 is 0 Å². The van der Waals surface area contributed by atoms with Gasteiger partial charge in [-0.2, -0.15) is 17.9 Å². The molecule has 8 nitrogen and oxygen atoms in total. The Kier molecular flexibility index (Phi) is 6.14. The molecule has 1 N–H and O–H groups in total. The zero-order valence-corrected chi connectivity index (χ0v) is 16.7. The summed E-state index contributed by atoms with van der Waals surface area (Å²) in [7, 11) is 1.15. The van der Waals surface area contributed by atoms with Crippen LogP contribution in [0.5, 0.6) is 5.88 Å². The Balaban J connectivity index is 2.10. The number of ether oxygens (including phenoxy) is 1. The number of anilines is 1. The van der Waals surface area contributed by atoms with Gasteiger partial charge in [-0.25, -0.2) is 13.8 Å². The molecule has 0 fully saturated rings. The molecular weight excluding hydrogens is 436 g/mol. The molecule has 0 unspecified atom stereocenters. The first-order valence-corrected chi connectivity index (χ1v) is 9.03. The smallest absolute Gasteiger partial charge is 0.416 e. The lowest BCUT2D eigenvalue weighted by Crippen LogP contribution is -2.41. The van der Waals surface area contributed by atoms with Gasteiger partial charge < -0.3 is 10.1 Å². The molecular formula is C20H16F4N4O4. The quantitative estimate of drug-likeness (QED) is 0.601. The fourth-order valence-corrected chi connectivity index (χ4v) is 2.84. The van der Waals surface area contributed by atoms with Crippen LogP contribution < -0.4 is 21.3 Å². The molecule has 0 saturated heterocycles. The minimum Gasteiger partial charge on any atom is -0.476 e. The van der Waals surface area contributed by atoms with Crippen LogP contribution in [0.2, 0.25) is 0 Å². The average molecular weight is 452 g/mol. The van der Waals surface area contributed by atoms with Crippen LogP contribution in [0.25, 0.3) is 5.69 Å². The minimum atomic E-state index is -4.53. The molecule has 0 aliphatic carbocycles. The number of halogens is 4. The molecule has 2 aromatic carbocycles. The van der Waals surface area contributed by atoms with Crippen molar-refractivity contribution in [2.24, 2.45) is 0 Å². The third kappa shape index (κ3) is 4.68. The Morgan fingerprint density at radius 1 is 1.12 bits per heavy atom. The van der Waals surface area contributed by atoms with Crippen LogP contribution in [0.1, 0.15) is 18.1 Å². The van der Waals surface area contributed by atoms with E-state index in [1.165, 1.54) is 13.0 Å². The summed E-state index contributed by atoms with van der Waals surface area (Å²) in [5, 5.41) is 6.09. The van der Waals surface area contributed by atoms with Crippen LogP contribution in [0, 0.1) is 5.82 Å². The topological polar surface area (TPSA) is 95.2 Å². The number of nitrogens with one attached hydrogen (secondary N) is 1. The zero-order valence-electron chi connectivity index (χ0n) is 16.7. The third-order valence-corrected chi connectivity index (χ3v) is 4.35. The third-order valence-electron chi connectivity index (χ3n) is 4.35. The number of carbonyl (C=O) groups is 1. The van der Waals surface area contributed by atoms with Crippen LogP contribution in [0.4, 0.5) is 23.2 Å². The molecule has 32 heavy (non-hydrogen) atoms. The maximum Gasteiger partial charge on any atom is 0.416 e. The number of nitrogens with zero attached hydrogens (tertiary/aromatic N) is 3. The van der Waals surface area contributed by atoms with Gasteiger partial charge >= 0.3 is 17.4 Å². The number of amides is 1. The molecule has 1 aromatic heterocycles. The van der Waals surface area contributed by atoms with E-state index in [4.69, 9.17) is 4.74 Å². The van der Waals surface area contributed by atoms with Gasteiger partial charge in [0.2, 0.25) is 5.91 Å². The van der Waals surface area contributed by atoms with E-state index in [1.807, 2.05) is 0 Å². The molecule has 0 radical (unpaired) electrons. The van der Waals surface area contributed by atoms with Crippen molar-refractivity contribution in [2.75, 3.05) is 12.4 Å². The van der Waals surface area contributed by atoms with E-state index >= 15 is 0 Å². The van der Waals surface area contributed by atoms with Gasteiger partial charge in [0.15, 0.2) is 0 Å². The fourth-order valence-electron chi connectivity index (χ4n) is 2.84. The van der Waals surface area contributed by atoms with E-state index in [0.29, 0.717) is 0 Å². The van der Waals surface area contributed by atoms with Crippen molar-refractivity contribution in [3.63, 3.8) is 0 Å². The highest BCUT2D eigenvalue weighted by Gasteiger charge is 2.30. The number of alkyl halides is 3. The van der Waals surface area contributed by atoms with Crippen LogP contribution in [-0.4, -0.2) is 27.4 Å². The summed E-state index contributed by atoms with van der Waals surface area (Å²) in [5.74, 6) is -1.78. The second-order valence-electron chi connectivity index (χ2n) is 6.63. The minimum absolute atomic E-state index is 0.0135. The average Bonchev–Trinajstić information content (AvgIpc) is 2.72. The van der Waals surface area contributed by atoms with Crippen molar-refractivity contribution in [3.8, 4) is 11.6 Å². The van der Waals surface area contributed by atoms with E-state index in [0.717, 1.165) is 52.8 Å². The Labute approximate surface area is 177 Å². The van der Waals surface area contributed by atoms with Crippen molar-refractivity contribution < 1.29 is 27.1 Å². The Bertz CT molecular complexity index is 1280. The predicted octanol–water partition coefficient (Wildman–Crippen LogP) is 2.57. The van der Waals surface area contributed by atoms with E-state index in [2.05, 4.69) is 10.4 Å². The number of aromatic nitrogens is 3. The summed E-state index contributed by atoms with van der Waals surface area (Å²) in [4.78, 5) is 36.8. The van der Waals surface area contributed by atoms with Crippen molar-refractivity contribution in [1.29, 1.82) is 0 Å². The number of carbonyl (C=O) groups excluding carboxylic acids is 1. The predicted molar refractivity (Wildman–Crippen MR) is 105 cm³/mol. The van der Waals surface area contributed by atoms with Crippen molar-refractivity contribution in [1.82, 2.24) is 14.3 Å². The van der Waals surface area contributed by atoms with Gasteiger partial charge in [0.1, 0.15) is 5.82 Å². The molecule has 0 aliphatic rings. The van der Waals surface area contributed by atoms with Crippen molar-refractivity contribution >= 4 is 11.6 Å². The summed E-state index contributed by atoms with van der Waals surface area (Å²) in [5.41, 5.74) is -2.69. The largest absolute Gasteiger partial charge is 0.476 e. The molecule has 168 valence electrons. The van der Waals surface area contributed by atoms with Crippen LogP contribution in [0.15, 0.2) is 52.1 Å². The Morgan fingerprint density at radius 2 is 1.78 bits per heavy atom. The second kappa shape index (κ2) is 8.65. The summed E-state index contributed by atoms with van der Waals surface area (Å²) in [6.07, 6.45) is -4.53. The van der Waals surface area contributed by atoms with Crippen molar-refractivity contribution in [3.05, 3.63) is 80.2 Å². The molecule has 3 rings (SSSR count). The number of hydrogen-bond donors (Lipinski definition) is 1. The summed E-state index contributed by atoms with van der Waals surface area (Å²) in [6.45, 7) is 0.804. The molecule has 12 heteroatoms. The molecule has 0 aliphatic heterocycles. The van der Waals surface area contributed by atoms with Crippen LogP contribution in [0.3, 0.4) is 0 Å². The molecule has 1 amide bonds. The summed E-state index contributed by atoms with van der Waals surface area (Å²) < 4.78 is 58.7. The molecule has 3 aromatic rings. The molecule has 0 bridgehead atoms. The van der Waals surface area contributed by atoms with Gasteiger partial charge in [-0.3, -0.25) is 9.59 Å². The second-order valence-corrected chi connectivity index (χ2v) is 6.63. The summed E-state index contributed by atoms with van der Waals surface area (Å²) in [6, 6.07) is 7.26.